The number of nitrogens with zero attached hydrogens (tertiary/aromatic N) is 1. The van der Waals surface area contributed by atoms with E-state index < -0.39 is 0 Å². The van der Waals surface area contributed by atoms with Crippen LogP contribution in [0.1, 0.15) is 55.0 Å². The number of nitrogens with one attached hydrogen (secondary N) is 3. The highest BCUT2D eigenvalue weighted by atomic mass is 19.1. The fourth-order valence-electron chi connectivity index (χ4n) is 5.84. The Morgan fingerprint density at radius 2 is 1.87 bits per heavy atom. The van der Waals surface area contributed by atoms with Crippen LogP contribution in [0.15, 0.2) is 42.6 Å². The monoisotopic (exact) mass is 408 g/mol. The van der Waals surface area contributed by atoms with Gasteiger partial charge in [-0.2, -0.15) is 0 Å². The minimum atomic E-state index is -0.240. The second kappa shape index (κ2) is 7.75. The van der Waals surface area contributed by atoms with Gasteiger partial charge in [-0.15, -0.1) is 0 Å². The van der Waals surface area contributed by atoms with E-state index in [1.165, 1.54) is 17.7 Å². The zero-order valence-electron chi connectivity index (χ0n) is 17.4. The van der Waals surface area contributed by atoms with Gasteiger partial charge in [0.1, 0.15) is 5.82 Å². The second-order valence-electron chi connectivity index (χ2n) is 9.30. The summed E-state index contributed by atoms with van der Waals surface area (Å²) < 4.78 is 13.3. The number of pyridine rings is 1. The second-order valence-corrected chi connectivity index (χ2v) is 9.30. The van der Waals surface area contributed by atoms with E-state index in [-0.39, 0.29) is 35.6 Å². The summed E-state index contributed by atoms with van der Waals surface area (Å²) in [6, 6.07) is 11.7. The van der Waals surface area contributed by atoms with Crippen LogP contribution in [-0.4, -0.2) is 23.0 Å². The van der Waals surface area contributed by atoms with E-state index in [9.17, 15) is 9.18 Å². The number of rotatable bonds is 3. The fraction of sp³-hybridized carbons (Fsp3) is 0.500. The van der Waals surface area contributed by atoms with E-state index in [2.05, 4.69) is 40.2 Å². The fourth-order valence-corrected chi connectivity index (χ4v) is 5.84. The maximum absolute atomic E-state index is 13.3. The van der Waals surface area contributed by atoms with Crippen molar-refractivity contribution >= 4 is 5.91 Å². The number of halogens is 1. The Morgan fingerprint density at radius 1 is 1.07 bits per heavy atom. The van der Waals surface area contributed by atoms with Crippen LogP contribution in [0.25, 0.3) is 0 Å². The number of carbonyl (C=O) groups is 1. The minimum Gasteiger partial charge on any atom is -0.353 e. The number of aromatic nitrogens is 1. The first-order valence-electron chi connectivity index (χ1n) is 11.0. The molecule has 2 saturated heterocycles. The topological polar surface area (TPSA) is 66.0 Å². The van der Waals surface area contributed by atoms with Gasteiger partial charge in [0.2, 0.25) is 5.91 Å². The van der Waals surface area contributed by atoms with Crippen LogP contribution < -0.4 is 16.2 Å². The van der Waals surface area contributed by atoms with Gasteiger partial charge in [0.25, 0.3) is 0 Å². The third kappa shape index (κ3) is 3.52. The Morgan fingerprint density at radius 3 is 2.63 bits per heavy atom. The molecule has 6 unspecified atom stereocenters. The summed E-state index contributed by atoms with van der Waals surface area (Å²) in [7, 11) is 0. The van der Waals surface area contributed by atoms with Gasteiger partial charge in [0.05, 0.1) is 6.04 Å². The van der Waals surface area contributed by atoms with Crippen molar-refractivity contribution in [2.45, 2.75) is 57.2 Å². The molecule has 5 nitrogen and oxygen atoms in total. The van der Waals surface area contributed by atoms with Crippen molar-refractivity contribution in [1.82, 2.24) is 21.2 Å². The van der Waals surface area contributed by atoms with Crippen molar-refractivity contribution in [3.63, 3.8) is 0 Å². The Balaban J connectivity index is 1.33. The molecular formula is C24H29FN4O. The number of hydrazine groups is 1. The SMILES string of the molecule is Cc1cc(C2NNC3CC4NC(=O)C([C@H](C)c5ccc(F)cc5)CC4CC32)ccn1. The average molecular weight is 409 g/mol. The van der Waals surface area contributed by atoms with Gasteiger partial charge < -0.3 is 5.32 Å². The summed E-state index contributed by atoms with van der Waals surface area (Å²) in [5.74, 6) is 0.851. The summed E-state index contributed by atoms with van der Waals surface area (Å²) in [6.45, 7) is 4.11. The summed E-state index contributed by atoms with van der Waals surface area (Å²) in [4.78, 5) is 17.3. The van der Waals surface area contributed by atoms with E-state index in [1.807, 2.05) is 25.3 Å². The van der Waals surface area contributed by atoms with Gasteiger partial charge in [0.15, 0.2) is 0 Å². The van der Waals surface area contributed by atoms with E-state index in [4.69, 9.17) is 0 Å². The predicted molar refractivity (Wildman–Crippen MR) is 113 cm³/mol. The van der Waals surface area contributed by atoms with Gasteiger partial charge in [-0.3, -0.25) is 15.2 Å². The van der Waals surface area contributed by atoms with Crippen LogP contribution >= 0.6 is 0 Å². The molecule has 30 heavy (non-hydrogen) atoms. The summed E-state index contributed by atoms with van der Waals surface area (Å²) in [6.07, 6.45) is 4.80. The van der Waals surface area contributed by atoms with E-state index in [1.54, 1.807) is 0 Å². The Bertz CT molecular complexity index is 933. The van der Waals surface area contributed by atoms with Crippen molar-refractivity contribution in [2.75, 3.05) is 0 Å². The predicted octanol–water partition coefficient (Wildman–Crippen LogP) is 3.38. The van der Waals surface area contributed by atoms with Gasteiger partial charge in [-0.1, -0.05) is 19.1 Å². The van der Waals surface area contributed by atoms with E-state index >= 15 is 0 Å². The molecule has 1 aromatic heterocycles. The Hall–Kier alpha value is -2.31. The molecule has 158 valence electrons. The van der Waals surface area contributed by atoms with Crippen LogP contribution in [-0.2, 0) is 4.79 Å². The zero-order valence-corrected chi connectivity index (χ0v) is 17.4. The van der Waals surface area contributed by atoms with Crippen molar-refractivity contribution < 1.29 is 9.18 Å². The van der Waals surface area contributed by atoms with Crippen molar-refractivity contribution in [1.29, 1.82) is 0 Å². The van der Waals surface area contributed by atoms with Crippen molar-refractivity contribution in [2.24, 2.45) is 17.8 Å². The molecule has 1 amide bonds. The molecular weight excluding hydrogens is 379 g/mol. The highest BCUT2D eigenvalue weighted by Gasteiger charge is 2.48. The average Bonchev–Trinajstić information content (AvgIpc) is 3.14. The summed E-state index contributed by atoms with van der Waals surface area (Å²) in [5, 5.41) is 3.32. The highest BCUT2D eigenvalue weighted by molar-refractivity contribution is 5.81. The Labute approximate surface area is 176 Å². The summed E-state index contributed by atoms with van der Waals surface area (Å²) >= 11 is 0. The molecule has 3 heterocycles. The Kier molecular flexibility index (Phi) is 5.07. The lowest BCUT2D eigenvalue weighted by atomic mass is 9.66. The highest BCUT2D eigenvalue weighted by Crippen LogP contribution is 2.45. The zero-order chi connectivity index (χ0) is 20.8. The van der Waals surface area contributed by atoms with Gasteiger partial charge in [-0.25, -0.2) is 9.82 Å². The van der Waals surface area contributed by atoms with Crippen LogP contribution in [0, 0.1) is 30.5 Å². The number of hydrogen-bond donors (Lipinski definition) is 3. The standard InChI is InChI=1S/C24H29FN4O/c1-13-9-16(7-8-26-13)23-20-11-17-10-19(14(2)15-3-5-18(25)6-4-15)24(30)27-21(17)12-22(20)28-29-23/h3-9,14,17,19-23,28-29H,10-12H2,1-2H3,(H,27,30)/t14-,17?,19?,20?,21?,22?,23?/m1/s1. The molecule has 7 atom stereocenters. The maximum atomic E-state index is 13.3. The third-order valence-electron chi connectivity index (χ3n) is 7.52. The smallest absolute Gasteiger partial charge is 0.223 e. The van der Waals surface area contributed by atoms with Crippen LogP contribution in [0.3, 0.4) is 0 Å². The minimum absolute atomic E-state index is 0.0720. The molecule has 1 aliphatic carbocycles. The van der Waals surface area contributed by atoms with Crippen LogP contribution in [0.5, 0.6) is 0 Å². The van der Waals surface area contributed by atoms with Gasteiger partial charge in [-0.05, 0) is 79.3 Å². The quantitative estimate of drug-likeness (QED) is 0.729. The number of hydrogen-bond acceptors (Lipinski definition) is 4. The number of fused-ring (bicyclic) bond motifs is 2. The largest absolute Gasteiger partial charge is 0.353 e. The van der Waals surface area contributed by atoms with E-state index in [0.717, 1.165) is 30.5 Å². The van der Waals surface area contributed by atoms with Crippen LogP contribution in [0.4, 0.5) is 4.39 Å². The molecule has 2 aliphatic heterocycles. The molecule has 3 aliphatic rings. The normalized spacial score (nSPS) is 34.0. The molecule has 3 fully saturated rings. The first-order chi connectivity index (χ1) is 14.5. The lowest BCUT2D eigenvalue weighted by Gasteiger charge is -2.45. The molecule has 1 saturated carbocycles. The van der Waals surface area contributed by atoms with E-state index in [0.29, 0.717) is 17.9 Å². The molecule has 1 aromatic carbocycles. The molecule has 0 radical (unpaired) electrons. The number of piperidine rings is 1. The lowest BCUT2D eigenvalue weighted by molar-refractivity contribution is -0.131. The molecule has 6 heteroatoms. The third-order valence-corrected chi connectivity index (χ3v) is 7.52. The number of benzene rings is 1. The van der Waals surface area contributed by atoms with Crippen molar-refractivity contribution in [3.8, 4) is 0 Å². The maximum Gasteiger partial charge on any atom is 0.223 e. The summed E-state index contributed by atoms with van der Waals surface area (Å²) in [5.41, 5.74) is 10.3. The molecule has 5 rings (SSSR count). The number of aryl methyl sites for hydroxylation is 1. The molecule has 0 bridgehead atoms. The molecule has 3 N–H and O–H groups in total. The first-order valence-corrected chi connectivity index (χ1v) is 11.0. The molecule has 0 spiro atoms. The van der Waals surface area contributed by atoms with Crippen molar-refractivity contribution in [3.05, 3.63) is 65.2 Å². The number of carbonyl (C=O) groups excluding carboxylic acids is 1. The first kappa shape index (κ1) is 19.6. The van der Waals surface area contributed by atoms with Crippen LogP contribution in [0.2, 0.25) is 0 Å². The number of amides is 1. The lowest BCUT2D eigenvalue weighted by Crippen LogP contribution is -2.56. The molecule has 2 aromatic rings. The van der Waals surface area contributed by atoms with Gasteiger partial charge >= 0.3 is 0 Å². The van der Waals surface area contributed by atoms with Gasteiger partial charge in [0, 0.05) is 29.9 Å².